The summed E-state index contributed by atoms with van der Waals surface area (Å²) in [6, 6.07) is -0.705. The average molecular weight is 357 g/mol. The Morgan fingerprint density at radius 1 is 1.12 bits per heavy atom. The van der Waals surface area contributed by atoms with Crippen LogP contribution in [-0.2, 0) is 28.7 Å². The van der Waals surface area contributed by atoms with Gasteiger partial charge in [-0.05, 0) is 12.8 Å². The summed E-state index contributed by atoms with van der Waals surface area (Å²) in [5.41, 5.74) is -1.10. The monoisotopic (exact) mass is 357 g/mol. The number of hydrogen-bond donors (Lipinski definition) is 2. The molecule has 0 fully saturated rings. The molecule has 0 saturated heterocycles. The Labute approximate surface area is 147 Å². The number of carbonyl (C=O) groups excluding carboxylic acids is 4. The van der Waals surface area contributed by atoms with Crippen LogP contribution < -0.4 is 5.32 Å². The molecule has 0 aliphatic carbocycles. The minimum atomic E-state index is -1.49. The Kier molecular flexibility index (Phi) is 9.05. The summed E-state index contributed by atoms with van der Waals surface area (Å²) in [6.45, 7) is 7.72. The van der Waals surface area contributed by atoms with Crippen molar-refractivity contribution in [2.75, 3.05) is 13.7 Å². The molecule has 0 aromatic rings. The van der Waals surface area contributed by atoms with Crippen LogP contribution >= 0.6 is 0 Å². The lowest BCUT2D eigenvalue weighted by Gasteiger charge is -2.30. The lowest BCUT2D eigenvalue weighted by molar-refractivity contribution is -0.150. The van der Waals surface area contributed by atoms with E-state index in [-0.39, 0.29) is 18.3 Å². The van der Waals surface area contributed by atoms with Gasteiger partial charge in [0, 0.05) is 17.6 Å². The zero-order chi connectivity index (χ0) is 19.8. The molecule has 0 unspecified atom stereocenters. The van der Waals surface area contributed by atoms with Gasteiger partial charge in [-0.25, -0.2) is 9.59 Å². The molecular weight excluding hydrogens is 330 g/mol. The summed E-state index contributed by atoms with van der Waals surface area (Å²) in [6.07, 6.45) is 0.294. The van der Waals surface area contributed by atoms with Gasteiger partial charge < -0.3 is 19.9 Å². The number of rotatable bonds is 9. The minimum absolute atomic E-state index is 0.127. The number of aliphatic hydroxyl groups excluding tert-OH is 1. The quantitative estimate of drug-likeness (QED) is 0.452. The van der Waals surface area contributed by atoms with Crippen LogP contribution in [0.2, 0.25) is 0 Å². The van der Waals surface area contributed by atoms with Crippen molar-refractivity contribution in [1.82, 2.24) is 5.32 Å². The van der Waals surface area contributed by atoms with Gasteiger partial charge in [0.15, 0.2) is 5.78 Å². The third-order valence-corrected chi connectivity index (χ3v) is 3.53. The van der Waals surface area contributed by atoms with Gasteiger partial charge in [0.2, 0.25) is 5.91 Å². The second kappa shape index (κ2) is 9.93. The fraction of sp³-hybridized carbons (Fsp3) is 0.647. The SMILES string of the molecule is COC(=O)/C=C/C(=O)OCC(C)(C)[C@@H](O)C(=O)N[C@H](C(C)=O)C(C)C. The van der Waals surface area contributed by atoms with Crippen LogP contribution in [0.1, 0.15) is 34.6 Å². The number of hydrogen-bond acceptors (Lipinski definition) is 7. The van der Waals surface area contributed by atoms with Crippen LogP contribution in [-0.4, -0.2) is 54.6 Å². The smallest absolute Gasteiger partial charge is 0.331 e. The molecule has 0 heterocycles. The first-order chi connectivity index (χ1) is 11.4. The van der Waals surface area contributed by atoms with Crippen LogP contribution in [0.25, 0.3) is 0 Å². The third kappa shape index (κ3) is 7.93. The van der Waals surface area contributed by atoms with E-state index in [1.807, 2.05) is 0 Å². The van der Waals surface area contributed by atoms with E-state index in [4.69, 9.17) is 4.74 Å². The first kappa shape index (κ1) is 22.8. The van der Waals surface area contributed by atoms with Gasteiger partial charge in [0.25, 0.3) is 0 Å². The summed E-state index contributed by atoms with van der Waals surface area (Å²) in [4.78, 5) is 46.1. The second-order valence-electron chi connectivity index (χ2n) is 6.70. The molecule has 1 amide bonds. The predicted octanol–water partition coefficient (Wildman–Crippen LogP) is 0.376. The van der Waals surface area contributed by atoms with Crippen molar-refractivity contribution >= 4 is 23.6 Å². The maximum absolute atomic E-state index is 12.2. The third-order valence-electron chi connectivity index (χ3n) is 3.53. The van der Waals surface area contributed by atoms with Crippen molar-refractivity contribution in [3.8, 4) is 0 Å². The molecule has 2 atom stereocenters. The molecule has 8 nitrogen and oxygen atoms in total. The topological polar surface area (TPSA) is 119 Å². The van der Waals surface area contributed by atoms with Crippen LogP contribution in [0, 0.1) is 11.3 Å². The maximum atomic E-state index is 12.2. The number of nitrogens with one attached hydrogen (secondary N) is 1. The van der Waals surface area contributed by atoms with Crippen molar-refractivity contribution in [2.24, 2.45) is 11.3 Å². The number of ketones is 1. The highest BCUT2D eigenvalue weighted by Crippen LogP contribution is 2.22. The van der Waals surface area contributed by atoms with Gasteiger partial charge in [-0.3, -0.25) is 9.59 Å². The number of ether oxygens (including phenoxy) is 2. The van der Waals surface area contributed by atoms with Crippen LogP contribution in [0.5, 0.6) is 0 Å². The van der Waals surface area contributed by atoms with E-state index in [1.54, 1.807) is 13.8 Å². The van der Waals surface area contributed by atoms with Gasteiger partial charge in [-0.2, -0.15) is 0 Å². The molecule has 0 aromatic heterocycles. The summed E-state index contributed by atoms with van der Waals surface area (Å²) in [7, 11) is 1.17. The van der Waals surface area contributed by atoms with Gasteiger partial charge in [-0.1, -0.05) is 27.7 Å². The Balaban J connectivity index is 4.77. The molecule has 0 spiro atoms. The fourth-order valence-electron chi connectivity index (χ4n) is 1.91. The van der Waals surface area contributed by atoms with E-state index >= 15 is 0 Å². The van der Waals surface area contributed by atoms with Crippen molar-refractivity contribution < 1.29 is 33.8 Å². The maximum Gasteiger partial charge on any atom is 0.331 e. The van der Waals surface area contributed by atoms with Crippen LogP contribution in [0.15, 0.2) is 12.2 Å². The minimum Gasteiger partial charge on any atom is -0.466 e. The van der Waals surface area contributed by atoms with Crippen molar-refractivity contribution in [1.29, 1.82) is 0 Å². The molecule has 0 bridgehead atoms. The van der Waals surface area contributed by atoms with Crippen LogP contribution in [0.3, 0.4) is 0 Å². The second-order valence-corrected chi connectivity index (χ2v) is 6.70. The zero-order valence-corrected chi connectivity index (χ0v) is 15.5. The molecule has 142 valence electrons. The Morgan fingerprint density at radius 2 is 1.64 bits per heavy atom. The van der Waals surface area contributed by atoms with E-state index in [1.165, 1.54) is 27.9 Å². The van der Waals surface area contributed by atoms with E-state index in [0.717, 1.165) is 12.2 Å². The Hall–Kier alpha value is -2.22. The Bertz CT molecular complexity index is 537. The standard InChI is InChI=1S/C17H27NO7/c1-10(2)14(11(3)19)18-16(23)15(22)17(4,5)9-25-13(21)8-7-12(20)24-6/h7-8,10,14-15,22H,9H2,1-6H3,(H,18,23)/b8-7+/t14-,15-/m0/s1. The number of aliphatic hydroxyl groups is 1. The molecule has 0 aromatic carbocycles. The molecule has 2 N–H and O–H groups in total. The highest BCUT2D eigenvalue weighted by Gasteiger charge is 2.36. The van der Waals surface area contributed by atoms with E-state index in [0.29, 0.717) is 0 Å². The molecule has 8 heteroatoms. The van der Waals surface area contributed by atoms with Crippen molar-refractivity contribution in [3.05, 3.63) is 12.2 Å². The van der Waals surface area contributed by atoms with E-state index < -0.39 is 35.4 Å². The molecule has 0 aliphatic heterocycles. The lowest BCUT2D eigenvalue weighted by Crippen LogP contribution is -2.52. The summed E-state index contributed by atoms with van der Waals surface area (Å²) in [5.74, 6) is -2.58. The van der Waals surface area contributed by atoms with E-state index in [2.05, 4.69) is 10.1 Å². The number of Topliss-reactive ketones (excluding diaryl/α,β-unsaturated/α-hetero) is 1. The fourth-order valence-corrected chi connectivity index (χ4v) is 1.91. The van der Waals surface area contributed by atoms with Crippen LogP contribution in [0.4, 0.5) is 0 Å². The first-order valence-electron chi connectivity index (χ1n) is 7.84. The number of esters is 2. The first-order valence-corrected chi connectivity index (χ1v) is 7.84. The highest BCUT2D eigenvalue weighted by molar-refractivity contribution is 5.92. The van der Waals surface area contributed by atoms with Crippen molar-refractivity contribution in [2.45, 2.75) is 46.8 Å². The van der Waals surface area contributed by atoms with Crippen molar-refractivity contribution in [3.63, 3.8) is 0 Å². The number of carbonyl (C=O) groups is 4. The van der Waals surface area contributed by atoms with Gasteiger partial charge in [0.1, 0.15) is 6.10 Å². The molecular formula is C17H27NO7. The predicted molar refractivity (Wildman–Crippen MR) is 89.4 cm³/mol. The molecule has 0 aliphatic rings. The average Bonchev–Trinajstić information content (AvgIpc) is 2.53. The number of amides is 1. The largest absolute Gasteiger partial charge is 0.466 e. The normalized spacial score (nSPS) is 14.1. The van der Waals surface area contributed by atoms with Gasteiger partial charge >= 0.3 is 11.9 Å². The highest BCUT2D eigenvalue weighted by atomic mass is 16.5. The zero-order valence-electron chi connectivity index (χ0n) is 15.5. The lowest BCUT2D eigenvalue weighted by atomic mass is 9.86. The Morgan fingerprint density at radius 3 is 2.08 bits per heavy atom. The molecule has 0 radical (unpaired) electrons. The molecule has 25 heavy (non-hydrogen) atoms. The number of methoxy groups -OCH3 is 1. The van der Waals surface area contributed by atoms with Gasteiger partial charge in [0.05, 0.1) is 19.8 Å². The summed E-state index contributed by atoms with van der Waals surface area (Å²) in [5, 5.41) is 12.7. The summed E-state index contributed by atoms with van der Waals surface area (Å²) < 4.78 is 9.27. The molecule has 0 saturated carbocycles. The van der Waals surface area contributed by atoms with Gasteiger partial charge in [-0.15, -0.1) is 0 Å². The summed E-state index contributed by atoms with van der Waals surface area (Å²) >= 11 is 0. The van der Waals surface area contributed by atoms with E-state index in [9.17, 15) is 24.3 Å². The molecule has 0 rings (SSSR count).